The van der Waals surface area contributed by atoms with Crippen LogP contribution in [0.4, 0.5) is 5.82 Å². The molecule has 3 heterocycles. The van der Waals surface area contributed by atoms with Crippen LogP contribution in [0.5, 0.6) is 0 Å². The second kappa shape index (κ2) is 7.44. The lowest BCUT2D eigenvalue weighted by Gasteiger charge is -2.37. The first kappa shape index (κ1) is 16.4. The van der Waals surface area contributed by atoms with Crippen molar-refractivity contribution in [2.45, 2.75) is 50.6 Å². The van der Waals surface area contributed by atoms with Crippen LogP contribution in [0.3, 0.4) is 0 Å². The number of hydrogen-bond acceptors (Lipinski definition) is 6. The lowest BCUT2D eigenvalue weighted by atomic mass is 9.85. The third-order valence-corrected chi connectivity index (χ3v) is 5.62. The van der Waals surface area contributed by atoms with E-state index in [0.717, 1.165) is 44.1 Å². The van der Waals surface area contributed by atoms with Crippen molar-refractivity contribution in [3.63, 3.8) is 0 Å². The summed E-state index contributed by atoms with van der Waals surface area (Å²) in [6, 6.07) is 4.60. The zero-order valence-corrected chi connectivity index (χ0v) is 14.9. The first-order chi connectivity index (χ1) is 12.3. The van der Waals surface area contributed by atoms with Gasteiger partial charge in [-0.1, -0.05) is 6.42 Å². The fourth-order valence-corrected chi connectivity index (χ4v) is 3.74. The summed E-state index contributed by atoms with van der Waals surface area (Å²) in [7, 11) is 2.14. The Morgan fingerprint density at radius 1 is 1.08 bits per heavy atom. The van der Waals surface area contributed by atoms with E-state index in [1.807, 2.05) is 18.5 Å². The Kier molecular flexibility index (Phi) is 4.88. The second-order valence-electron chi connectivity index (χ2n) is 7.22. The molecule has 0 bridgehead atoms. The summed E-state index contributed by atoms with van der Waals surface area (Å²) >= 11 is 0. The fourth-order valence-electron chi connectivity index (χ4n) is 3.74. The van der Waals surface area contributed by atoms with Gasteiger partial charge in [-0.05, 0) is 37.8 Å². The van der Waals surface area contributed by atoms with Crippen molar-refractivity contribution in [1.82, 2.24) is 24.8 Å². The molecule has 1 aliphatic heterocycles. The third-order valence-electron chi connectivity index (χ3n) is 5.62. The maximum atomic E-state index is 4.81. The Morgan fingerprint density at radius 3 is 2.60 bits per heavy atom. The highest BCUT2D eigenvalue weighted by Gasteiger charge is 2.25. The zero-order chi connectivity index (χ0) is 17.1. The summed E-state index contributed by atoms with van der Waals surface area (Å²) in [6.07, 6.45) is 11.5. The van der Waals surface area contributed by atoms with E-state index in [2.05, 4.69) is 37.9 Å². The van der Waals surface area contributed by atoms with Gasteiger partial charge in [0.25, 0.3) is 0 Å². The highest BCUT2D eigenvalue weighted by atomic mass is 15.2. The van der Waals surface area contributed by atoms with Crippen molar-refractivity contribution < 1.29 is 0 Å². The monoisotopic (exact) mass is 338 g/mol. The normalized spacial score (nSPS) is 19.6. The molecule has 6 heteroatoms. The van der Waals surface area contributed by atoms with Crippen LogP contribution >= 0.6 is 0 Å². The summed E-state index contributed by atoms with van der Waals surface area (Å²) in [5.74, 6) is 2.67. The predicted octanol–water partition coefficient (Wildman–Crippen LogP) is 2.63. The smallest absolute Gasteiger partial charge is 0.131 e. The van der Waals surface area contributed by atoms with E-state index < -0.39 is 0 Å². The fraction of sp³-hybridized carbons (Fsp3) is 0.579. The van der Waals surface area contributed by atoms with Gasteiger partial charge in [0.2, 0.25) is 0 Å². The predicted molar refractivity (Wildman–Crippen MR) is 97.4 cm³/mol. The van der Waals surface area contributed by atoms with Gasteiger partial charge in [-0.25, -0.2) is 19.9 Å². The van der Waals surface area contributed by atoms with Gasteiger partial charge in [0.05, 0.1) is 5.69 Å². The molecule has 0 N–H and O–H groups in total. The first-order valence-corrected chi connectivity index (χ1v) is 9.32. The minimum atomic E-state index is 0.544. The summed E-state index contributed by atoms with van der Waals surface area (Å²) < 4.78 is 0. The topological polar surface area (TPSA) is 58.0 Å². The van der Waals surface area contributed by atoms with Gasteiger partial charge in [0.1, 0.15) is 18.0 Å². The standard InChI is InChI=1S/C19H26N6/c1-24(18-6-9-20-14-22-18)17-7-11-25(12-8-17)13-16-5-10-21-19(23-16)15-3-2-4-15/h5-6,9-10,14-15,17H,2-4,7-8,11-13H2,1H3. The van der Waals surface area contributed by atoms with Crippen molar-refractivity contribution in [3.05, 3.63) is 42.4 Å². The number of hydrogen-bond donors (Lipinski definition) is 0. The number of nitrogens with zero attached hydrogens (tertiary/aromatic N) is 6. The molecule has 0 atom stereocenters. The summed E-state index contributed by atoms with van der Waals surface area (Å²) in [5.41, 5.74) is 1.17. The molecule has 0 unspecified atom stereocenters. The van der Waals surface area contributed by atoms with Crippen molar-refractivity contribution >= 4 is 5.82 Å². The van der Waals surface area contributed by atoms with Crippen LogP contribution in [-0.2, 0) is 6.54 Å². The van der Waals surface area contributed by atoms with Crippen LogP contribution < -0.4 is 4.90 Å². The lowest BCUT2D eigenvalue weighted by molar-refractivity contribution is 0.200. The molecule has 2 aliphatic rings. The van der Waals surface area contributed by atoms with E-state index in [4.69, 9.17) is 4.98 Å². The Balaban J connectivity index is 1.31. The molecule has 2 aromatic heterocycles. The molecule has 1 aliphatic carbocycles. The number of aromatic nitrogens is 4. The van der Waals surface area contributed by atoms with E-state index in [-0.39, 0.29) is 0 Å². The van der Waals surface area contributed by atoms with Gasteiger partial charge in [-0.3, -0.25) is 4.90 Å². The first-order valence-electron chi connectivity index (χ1n) is 9.32. The quantitative estimate of drug-likeness (QED) is 0.835. The van der Waals surface area contributed by atoms with E-state index in [1.165, 1.54) is 25.0 Å². The number of anilines is 1. The molecule has 0 aromatic carbocycles. The van der Waals surface area contributed by atoms with Gasteiger partial charge >= 0.3 is 0 Å². The Bertz CT molecular complexity index is 679. The largest absolute Gasteiger partial charge is 0.356 e. The molecular weight excluding hydrogens is 312 g/mol. The van der Waals surface area contributed by atoms with E-state index in [1.54, 1.807) is 6.33 Å². The average Bonchev–Trinajstić information content (AvgIpc) is 2.61. The molecule has 0 spiro atoms. The molecule has 4 rings (SSSR count). The zero-order valence-electron chi connectivity index (χ0n) is 14.9. The van der Waals surface area contributed by atoms with Gasteiger partial charge in [0.15, 0.2) is 0 Å². The highest BCUT2D eigenvalue weighted by Crippen LogP contribution is 2.34. The number of piperidine rings is 1. The van der Waals surface area contributed by atoms with Crippen molar-refractivity contribution in [3.8, 4) is 0 Å². The van der Waals surface area contributed by atoms with Gasteiger partial charge in [-0.2, -0.15) is 0 Å². The van der Waals surface area contributed by atoms with E-state index >= 15 is 0 Å². The minimum Gasteiger partial charge on any atom is -0.356 e. The van der Waals surface area contributed by atoms with Gasteiger partial charge in [-0.15, -0.1) is 0 Å². The van der Waals surface area contributed by atoms with Crippen LogP contribution in [0.25, 0.3) is 0 Å². The number of likely N-dealkylation sites (tertiary alicyclic amines) is 1. The van der Waals surface area contributed by atoms with Crippen molar-refractivity contribution in [1.29, 1.82) is 0 Å². The van der Waals surface area contributed by atoms with Crippen molar-refractivity contribution in [2.24, 2.45) is 0 Å². The molecule has 0 amide bonds. The SMILES string of the molecule is CN(c1ccncn1)C1CCN(Cc2ccnc(C3CCC3)n2)CC1. The molecule has 2 fully saturated rings. The van der Waals surface area contributed by atoms with E-state index in [9.17, 15) is 0 Å². The molecule has 6 nitrogen and oxygen atoms in total. The third kappa shape index (κ3) is 3.79. The van der Waals surface area contributed by atoms with Crippen LogP contribution in [0.1, 0.15) is 49.5 Å². The summed E-state index contributed by atoms with van der Waals surface area (Å²) in [5, 5.41) is 0. The maximum Gasteiger partial charge on any atom is 0.131 e. The molecule has 132 valence electrons. The Hall–Kier alpha value is -2.08. The molecular formula is C19H26N6. The van der Waals surface area contributed by atoms with Crippen LogP contribution in [0.15, 0.2) is 30.9 Å². The molecule has 1 saturated heterocycles. The highest BCUT2D eigenvalue weighted by molar-refractivity contribution is 5.36. The molecule has 2 aromatic rings. The van der Waals surface area contributed by atoms with Crippen molar-refractivity contribution in [2.75, 3.05) is 25.0 Å². The maximum absolute atomic E-state index is 4.81. The average molecular weight is 338 g/mol. The van der Waals surface area contributed by atoms with Crippen LogP contribution in [0.2, 0.25) is 0 Å². The Labute approximate surface area is 149 Å². The molecule has 25 heavy (non-hydrogen) atoms. The van der Waals surface area contributed by atoms with Gasteiger partial charge in [0, 0.05) is 51.0 Å². The minimum absolute atomic E-state index is 0.544. The summed E-state index contributed by atoms with van der Waals surface area (Å²) in [4.78, 5) is 22.5. The lowest BCUT2D eigenvalue weighted by Crippen LogP contribution is -2.43. The Morgan fingerprint density at radius 2 is 1.92 bits per heavy atom. The van der Waals surface area contributed by atoms with E-state index in [0.29, 0.717) is 12.0 Å². The molecule has 1 saturated carbocycles. The number of rotatable bonds is 5. The summed E-state index contributed by atoms with van der Waals surface area (Å²) in [6.45, 7) is 3.14. The van der Waals surface area contributed by atoms with Gasteiger partial charge < -0.3 is 4.90 Å². The van der Waals surface area contributed by atoms with Crippen LogP contribution in [0, 0.1) is 0 Å². The second-order valence-corrected chi connectivity index (χ2v) is 7.22. The van der Waals surface area contributed by atoms with Crippen LogP contribution in [-0.4, -0.2) is 51.0 Å². The molecule has 0 radical (unpaired) electrons.